The number of nitrogens with one attached hydrogen (secondary N) is 1. The first kappa shape index (κ1) is 15.8. The van der Waals surface area contributed by atoms with E-state index in [1.165, 1.54) is 0 Å². The van der Waals surface area contributed by atoms with Crippen LogP contribution in [0.5, 0.6) is 5.75 Å². The molecular formula is C17H25NO3. The van der Waals surface area contributed by atoms with Gasteiger partial charge in [-0.25, -0.2) is 0 Å². The summed E-state index contributed by atoms with van der Waals surface area (Å²) in [5, 5.41) is 12.8. The maximum absolute atomic E-state index is 11.9. The lowest BCUT2D eigenvalue weighted by Crippen LogP contribution is -2.37. The number of ether oxygens (including phenoxy) is 1. The molecule has 0 radical (unpaired) electrons. The third-order valence-corrected chi connectivity index (χ3v) is 4.03. The summed E-state index contributed by atoms with van der Waals surface area (Å²) in [5.41, 5.74) is 0.972. The van der Waals surface area contributed by atoms with Gasteiger partial charge in [0.05, 0.1) is 19.1 Å². The van der Waals surface area contributed by atoms with Crippen molar-refractivity contribution in [1.82, 2.24) is 5.32 Å². The molecule has 1 aromatic carbocycles. The van der Waals surface area contributed by atoms with Crippen molar-refractivity contribution in [1.29, 1.82) is 0 Å². The molecule has 2 atom stereocenters. The minimum Gasteiger partial charge on any atom is -0.494 e. The first-order chi connectivity index (χ1) is 10.2. The molecule has 1 aliphatic rings. The van der Waals surface area contributed by atoms with Crippen LogP contribution in [0, 0.1) is 5.92 Å². The van der Waals surface area contributed by atoms with Gasteiger partial charge in [-0.05, 0) is 37.5 Å². The average Bonchev–Trinajstić information content (AvgIpc) is 2.49. The molecule has 1 aromatic rings. The van der Waals surface area contributed by atoms with Crippen LogP contribution in [0.4, 0.5) is 0 Å². The van der Waals surface area contributed by atoms with E-state index in [1.54, 1.807) is 0 Å². The summed E-state index contributed by atoms with van der Waals surface area (Å²) in [6, 6.07) is 7.61. The van der Waals surface area contributed by atoms with Gasteiger partial charge < -0.3 is 15.2 Å². The molecular weight excluding hydrogens is 266 g/mol. The van der Waals surface area contributed by atoms with Crippen LogP contribution in [-0.2, 0) is 11.2 Å². The smallest absolute Gasteiger partial charge is 0.224 e. The summed E-state index contributed by atoms with van der Waals surface area (Å²) in [5.74, 6) is 1.05. The van der Waals surface area contributed by atoms with E-state index in [0.717, 1.165) is 37.0 Å². The van der Waals surface area contributed by atoms with Gasteiger partial charge in [0.2, 0.25) is 5.91 Å². The van der Waals surface area contributed by atoms with Crippen LogP contribution in [-0.4, -0.2) is 30.3 Å². The van der Waals surface area contributed by atoms with E-state index in [2.05, 4.69) is 5.32 Å². The van der Waals surface area contributed by atoms with Crippen LogP contribution < -0.4 is 10.1 Å². The van der Waals surface area contributed by atoms with Gasteiger partial charge in [-0.1, -0.05) is 25.0 Å². The van der Waals surface area contributed by atoms with Crippen LogP contribution >= 0.6 is 0 Å². The standard InChI is InChI=1S/C17H25NO3/c1-2-21-15-9-7-13(8-10-15)11-17(20)18-12-14-5-3-4-6-16(14)19/h7-10,14,16,19H,2-6,11-12H2,1H3,(H,18,20). The highest BCUT2D eigenvalue weighted by molar-refractivity contribution is 5.78. The summed E-state index contributed by atoms with van der Waals surface area (Å²) in [4.78, 5) is 11.9. The van der Waals surface area contributed by atoms with Gasteiger partial charge in [0.25, 0.3) is 0 Å². The summed E-state index contributed by atoms with van der Waals surface area (Å²) >= 11 is 0. The van der Waals surface area contributed by atoms with Crippen molar-refractivity contribution in [2.45, 2.75) is 45.1 Å². The maximum atomic E-state index is 11.9. The Morgan fingerprint density at radius 3 is 2.67 bits per heavy atom. The SMILES string of the molecule is CCOc1ccc(CC(=O)NCC2CCCCC2O)cc1. The molecule has 0 spiro atoms. The van der Waals surface area contributed by atoms with Crippen LogP contribution in [0.15, 0.2) is 24.3 Å². The number of amides is 1. The van der Waals surface area contributed by atoms with Crippen molar-refractivity contribution in [3.05, 3.63) is 29.8 Å². The summed E-state index contributed by atoms with van der Waals surface area (Å²) in [7, 11) is 0. The molecule has 2 rings (SSSR count). The lowest BCUT2D eigenvalue weighted by Gasteiger charge is -2.27. The van der Waals surface area contributed by atoms with Crippen LogP contribution in [0.3, 0.4) is 0 Å². The maximum Gasteiger partial charge on any atom is 0.224 e. The highest BCUT2D eigenvalue weighted by Crippen LogP contribution is 2.23. The molecule has 0 bridgehead atoms. The van der Waals surface area contributed by atoms with Gasteiger partial charge in [-0.3, -0.25) is 4.79 Å². The zero-order valence-corrected chi connectivity index (χ0v) is 12.7. The highest BCUT2D eigenvalue weighted by Gasteiger charge is 2.23. The van der Waals surface area contributed by atoms with Crippen molar-refractivity contribution >= 4 is 5.91 Å². The Morgan fingerprint density at radius 2 is 2.00 bits per heavy atom. The number of rotatable bonds is 6. The third-order valence-electron chi connectivity index (χ3n) is 4.03. The fraction of sp³-hybridized carbons (Fsp3) is 0.588. The van der Waals surface area contributed by atoms with E-state index < -0.39 is 0 Å². The second-order valence-electron chi connectivity index (χ2n) is 5.67. The number of aliphatic hydroxyl groups excluding tert-OH is 1. The van der Waals surface area contributed by atoms with Gasteiger partial charge in [-0.15, -0.1) is 0 Å². The molecule has 0 aliphatic heterocycles. The fourth-order valence-corrected chi connectivity index (χ4v) is 2.79. The molecule has 4 heteroatoms. The second kappa shape index (κ2) is 8.03. The zero-order valence-electron chi connectivity index (χ0n) is 12.7. The van der Waals surface area contributed by atoms with Gasteiger partial charge in [0.1, 0.15) is 5.75 Å². The number of hydrogen-bond donors (Lipinski definition) is 2. The first-order valence-corrected chi connectivity index (χ1v) is 7.85. The van der Waals surface area contributed by atoms with Gasteiger partial charge >= 0.3 is 0 Å². The van der Waals surface area contributed by atoms with Crippen LogP contribution in [0.25, 0.3) is 0 Å². The van der Waals surface area contributed by atoms with Crippen LogP contribution in [0.2, 0.25) is 0 Å². The molecule has 1 aliphatic carbocycles. The Balaban J connectivity index is 1.76. The van der Waals surface area contributed by atoms with Gasteiger partial charge in [0.15, 0.2) is 0 Å². The number of aliphatic hydroxyl groups is 1. The van der Waals surface area contributed by atoms with E-state index in [4.69, 9.17) is 4.74 Å². The molecule has 2 unspecified atom stereocenters. The van der Waals surface area contributed by atoms with Gasteiger partial charge in [0, 0.05) is 12.5 Å². The van der Waals surface area contributed by atoms with Crippen molar-refractivity contribution in [3.63, 3.8) is 0 Å². The monoisotopic (exact) mass is 291 g/mol. The first-order valence-electron chi connectivity index (χ1n) is 7.85. The number of carbonyl (C=O) groups excluding carboxylic acids is 1. The van der Waals surface area contributed by atoms with Crippen molar-refractivity contribution in [2.24, 2.45) is 5.92 Å². The average molecular weight is 291 g/mol. The summed E-state index contributed by atoms with van der Waals surface area (Å²) in [6.45, 7) is 3.17. The summed E-state index contributed by atoms with van der Waals surface area (Å²) in [6.07, 6.45) is 4.22. The normalized spacial score (nSPS) is 21.8. The highest BCUT2D eigenvalue weighted by atomic mass is 16.5. The quantitative estimate of drug-likeness (QED) is 0.845. The fourth-order valence-electron chi connectivity index (χ4n) is 2.79. The molecule has 116 valence electrons. The predicted octanol–water partition coefficient (Wildman–Crippen LogP) is 2.30. The third kappa shape index (κ3) is 5.05. The van der Waals surface area contributed by atoms with Crippen molar-refractivity contribution < 1.29 is 14.6 Å². The molecule has 0 saturated heterocycles. The van der Waals surface area contributed by atoms with Crippen molar-refractivity contribution in [3.8, 4) is 5.75 Å². The van der Waals surface area contributed by atoms with E-state index >= 15 is 0 Å². The topological polar surface area (TPSA) is 58.6 Å². The molecule has 0 heterocycles. The zero-order chi connectivity index (χ0) is 15.1. The Kier molecular flexibility index (Phi) is 6.05. The lowest BCUT2D eigenvalue weighted by molar-refractivity contribution is -0.120. The molecule has 1 fully saturated rings. The molecule has 21 heavy (non-hydrogen) atoms. The van der Waals surface area contributed by atoms with Gasteiger partial charge in [-0.2, -0.15) is 0 Å². The molecule has 4 nitrogen and oxygen atoms in total. The molecule has 2 N–H and O–H groups in total. The van der Waals surface area contributed by atoms with E-state index in [9.17, 15) is 9.90 Å². The molecule has 0 aromatic heterocycles. The van der Waals surface area contributed by atoms with E-state index in [1.807, 2.05) is 31.2 Å². The second-order valence-corrected chi connectivity index (χ2v) is 5.67. The predicted molar refractivity (Wildman–Crippen MR) is 82.3 cm³/mol. The summed E-state index contributed by atoms with van der Waals surface area (Å²) < 4.78 is 5.38. The Morgan fingerprint density at radius 1 is 1.29 bits per heavy atom. The van der Waals surface area contributed by atoms with E-state index in [-0.39, 0.29) is 17.9 Å². The molecule has 1 amide bonds. The lowest BCUT2D eigenvalue weighted by atomic mass is 9.86. The minimum atomic E-state index is -0.260. The number of benzene rings is 1. The number of hydrogen-bond acceptors (Lipinski definition) is 3. The van der Waals surface area contributed by atoms with E-state index in [0.29, 0.717) is 19.6 Å². The number of carbonyl (C=O) groups is 1. The molecule has 1 saturated carbocycles. The van der Waals surface area contributed by atoms with Crippen LogP contribution in [0.1, 0.15) is 38.2 Å². The Labute approximate surface area is 126 Å². The minimum absolute atomic E-state index is 0.0110. The Hall–Kier alpha value is -1.55. The van der Waals surface area contributed by atoms with Crippen molar-refractivity contribution in [2.75, 3.05) is 13.2 Å². The largest absolute Gasteiger partial charge is 0.494 e. The Bertz CT molecular complexity index is 444.